The molecule has 0 aromatic heterocycles. The molecule has 0 fully saturated rings. The highest BCUT2D eigenvalue weighted by Gasteiger charge is 2.52. The number of benzene rings is 2. The van der Waals surface area contributed by atoms with E-state index in [-0.39, 0.29) is 19.6 Å². The van der Waals surface area contributed by atoms with Crippen LogP contribution in [0, 0.1) is 5.92 Å². The van der Waals surface area contributed by atoms with Crippen molar-refractivity contribution in [3.05, 3.63) is 71.4 Å². The number of esters is 2. The van der Waals surface area contributed by atoms with E-state index in [2.05, 4.69) is 5.32 Å². The lowest BCUT2D eigenvalue weighted by molar-refractivity contribution is -0.159. The van der Waals surface area contributed by atoms with Crippen molar-refractivity contribution in [2.45, 2.75) is 38.7 Å². The second-order valence-electron chi connectivity index (χ2n) is 8.12. The normalized spacial score (nSPS) is 22.5. The van der Waals surface area contributed by atoms with Crippen LogP contribution in [0.2, 0.25) is 0 Å². The van der Waals surface area contributed by atoms with Gasteiger partial charge in [-0.1, -0.05) is 30.3 Å². The van der Waals surface area contributed by atoms with Crippen LogP contribution >= 0.6 is 0 Å². The second kappa shape index (κ2) is 10.5. The number of rotatable bonds is 8. The maximum Gasteiger partial charge on any atom is 0.336 e. The maximum absolute atomic E-state index is 13.3. The highest BCUT2D eigenvalue weighted by molar-refractivity contribution is 5.94. The Morgan fingerprint density at radius 1 is 1.03 bits per heavy atom. The van der Waals surface area contributed by atoms with E-state index in [1.54, 1.807) is 52.1 Å². The fourth-order valence-electron chi connectivity index (χ4n) is 4.34. The van der Waals surface area contributed by atoms with Crippen molar-refractivity contribution in [2.24, 2.45) is 5.92 Å². The molecule has 0 aliphatic heterocycles. The molecule has 176 valence electrons. The number of nitrogens with one attached hydrogen (secondary N) is 1. The van der Waals surface area contributed by atoms with Gasteiger partial charge in [0.1, 0.15) is 5.75 Å². The van der Waals surface area contributed by atoms with Gasteiger partial charge in [0.2, 0.25) is 0 Å². The van der Waals surface area contributed by atoms with Crippen LogP contribution in [0.15, 0.2) is 65.9 Å². The van der Waals surface area contributed by atoms with Crippen molar-refractivity contribution in [1.29, 1.82) is 0 Å². The van der Waals surface area contributed by atoms with Crippen molar-refractivity contribution in [2.75, 3.05) is 25.6 Å². The quantitative estimate of drug-likeness (QED) is 0.583. The van der Waals surface area contributed by atoms with E-state index in [1.807, 2.05) is 30.3 Å². The van der Waals surface area contributed by atoms with E-state index in [1.165, 1.54) is 0 Å². The van der Waals surface area contributed by atoms with E-state index in [0.29, 0.717) is 22.6 Å². The number of aliphatic hydroxyl groups is 1. The number of carbonyl (C=O) groups excluding carboxylic acids is 2. The first kappa shape index (κ1) is 24.3. The summed E-state index contributed by atoms with van der Waals surface area (Å²) in [6.45, 7) is 5.38. The molecule has 2 aromatic carbocycles. The molecule has 2 N–H and O–H groups in total. The van der Waals surface area contributed by atoms with Gasteiger partial charge in [-0.25, -0.2) is 4.79 Å². The van der Waals surface area contributed by atoms with Gasteiger partial charge in [-0.2, -0.15) is 0 Å². The van der Waals surface area contributed by atoms with E-state index < -0.39 is 29.4 Å². The van der Waals surface area contributed by atoms with Gasteiger partial charge in [-0.05, 0) is 50.6 Å². The highest BCUT2D eigenvalue weighted by atomic mass is 16.5. The standard InChI is InChI=1S/C26H31NO6/c1-5-32-24(28)22-20(27-18-10-8-7-9-11-18)16-26(3,30)23(25(29)33-6-2)21(22)17-12-14-19(31-4)15-13-17/h7-15,21,23,27,30H,5-6,16H2,1-4H3/t21-,23-,26+/m1/s1. The summed E-state index contributed by atoms with van der Waals surface area (Å²) in [6.07, 6.45) is 0.0478. The van der Waals surface area contributed by atoms with Crippen molar-refractivity contribution in [1.82, 2.24) is 0 Å². The monoisotopic (exact) mass is 453 g/mol. The first-order chi connectivity index (χ1) is 15.8. The number of ether oxygens (including phenoxy) is 3. The molecule has 2 aromatic rings. The number of para-hydroxylation sites is 1. The van der Waals surface area contributed by atoms with Crippen LogP contribution in [-0.4, -0.2) is 43.0 Å². The Morgan fingerprint density at radius 2 is 1.67 bits per heavy atom. The smallest absolute Gasteiger partial charge is 0.336 e. The minimum atomic E-state index is -1.48. The van der Waals surface area contributed by atoms with E-state index >= 15 is 0 Å². The van der Waals surface area contributed by atoms with E-state index in [4.69, 9.17) is 14.2 Å². The molecule has 0 radical (unpaired) electrons. The molecule has 0 spiro atoms. The predicted molar refractivity (Wildman–Crippen MR) is 125 cm³/mol. The van der Waals surface area contributed by atoms with E-state index in [0.717, 1.165) is 5.69 Å². The van der Waals surface area contributed by atoms with Gasteiger partial charge in [0.05, 0.1) is 37.4 Å². The minimum absolute atomic E-state index is 0.0478. The van der Waals surface area contributed by atoms with Gasteiger partial charge in [0, 0.05) is 23.7 Å². The third-order valence-corrected chi connectivity index (χ3v) is 5.75. The van der Waals surface area contributed by atoms with Crippen molar-refractivity contribution in [3.8, 4) is 5.75 Å². The Labute approximate surface area is 194 Å². The van der Waals surface area contributed by atoms with Crippen LogP contribution in [0.5, 0.6) is 5.75 Å². The fraction of sp³-hybridized carbons (Fsp3) is 0.385. The molecule has 0 unspecified atom stereocenters. The van der Waals surface area contributed by atoms with Crippen LogP contribution in [0.25, 0.3) is 0 Å². The summed E-state index contributed by atoms with van der Waals surface area (Å²) in [7, 11) is 1.56. The molecule has 7 nitrogen and oxygen atoms in total. The summed E-state index contributed by atoms with van der Waals surface area (Å²) in [4.78, 5) is 26.4. The molecule has 1 aliphatic rings. The Kier molecular flexibility index (Phi) is 7.76. The van der Waals surface area contributed by atoms with E-state index in [9.17, 15) is 14.7 Å². The summed E-state index contributed by atoms with van der Waals surface area (Å²) >= 11 is 0. The van der Waals surface area contributed by atoms with Crippen molar-refractivity contribution < 1.29 is 28.9 Å². The molecular formula is C26H31NO6. The molecule has 7 heteroatoms. The summed E-state index contributed by atoms with van der Waals surface area (Å²) < 4.78 is 16.0. The third kappa shape index (κ3) is 5.37. The number of hydrogen-bond acceptors (Lipinski definition) is 7. The zero-order valence-electron chi connectivity index (χ0n) is 19.5. The van der Waals surface area contributed by atoms with Crippen LogP contribution in [0.1, 0.15) is 38.7 Å². The Morgan fingerprint density at radius 3 is 2.24 bits per heavy atom. The average Bonchev–Trinajstić information content (AvgIpc) is 2.79. The molecule has 0 amide bonds. The second-order valence-corrected chi connectivity index (χ2v) is 8.12. The zero-order chi connectivity index (χ0) is 24.0. The minimum Gasteiger partial charge on any atom is -0.497 e. The average molecular weight is 454 g/mol. The first-order valence-corrected chi connectivity index (χ1v) is 11.1. The molecule has 3 rings (SSSR count). The Bertz CT molecular complexity index is 997. The molecule has 0 saturated carbocycles. The van der Waals surface area contributed by atoms with Gasteiger partial charge in [0.25, 0.3) is 0 Å². The molecule has 0 heterocycles. The number of methoxy groups -OCH3 is 1. The zero-order valence-corrected chi connectivity index (χ0v) is 19.5. The molecule has 0 bridgehead atoms. The van der Waals surface area contributed by atoms with Gasteiger partial charge in [0.15, 0.2) is 0 Å². The van der Waals surface area contributed by atoms with Crippen molar-refractivity contribution in [3.63, 3.8) is 0 Å². The highest BCUT2D eigenvalue weighted by Crippen LogP contribution is 2.48. The molecule has 33 heavy (non-hydrogen) atoms. The lowest BCUT2D eigenvalue weighted by Gasteiger charge is -2.43. The predicted octanol–water partition coefficient (Wildman–Crippen LogP) is 4.04. The molecule has 0 saturated heterocycles. The molecule has 1 aliphatic carbocycles. The number of carbonyl (C=O) groups is 2. The topological polar surface area (TPSA) is 94.1 Å². The lowest BCUT2D eigenvalue weighted by Crippen LogP contribution is -2.49. The number of anilines is 1. The largest absolute Gasteiger partial charge is 0.497 e. The summed E-state index contributed by atoms with van der Waals surface area (Å²) in [5.74, 6) is -2.26. The Balaban J connectivity index is 2.23. The lowest BCUT2D eigenvalue weighted by atomic mass is 9.65. The van der Waals surface area contributed by atoms with Crippen molar-refractivity contribution >= 4 is 17.6 Å². The summed E-state index contributed by atoms with van der Waals surface area (Å²) in [5.41, 5.74) is 0.753. The van der Waals surface area contributed by atoms with Gasteiger partial charge >= 0.3 is 11.9 Å². The van der Waals surface area contributed by atoms with Crippen LogP contribution < -0.4 is 10.1 Å². The Hall–Kier alpha value is -3.32. The SMILES string of the molecule is CCOC(=O)C1=C(Nc2ccccc2)C[C@](C)(O)[C@@H](C(=O)OCC)[C@@H]1c1ccc(OC)cc1. The van der Waals surface area contributed by atoms with Crippen LogP contribution in [0.3, 0.4) is 0 Å². The van der Waals surface area contributed by atoms with Crippen LogP contribution in [-0.2, 0) is 19.1 Å². The fourth-order valence-corrected chi connectivity index (χ4v) is 4.34. The third-order valence-electron chi connectivity index (χ3n) is 5.75. The summed E-state index contributed by atoms with van der Waals surface area (Å²) in [5, 5.41) is 14.8. The first-order valence-electron chi connectivity index (χ1n) is 11.1. The van der Waals surface area contributed by atoms with Gasteiger partial charge in [-0.3, -0.25) is 4.79 Å². The van der Waals surface area contributed by atoms with Crippen LogP contribution in [0.4, 0.5) is 5.69 Å². The number of hydrogen-bond donors (Lipinski definition) is 2. The molecule has 3 atom stereocenters. The summed E-state index contributed by atoms with van der Waals surface area (Å²) in [6, 6.07) is 16.5. The maximum atomic E-state index is 13.3. The molecular weight excluding hydrogens is 422 g/mol. The van der Waals surface area contributed by atoms with Gasteiger partial charge in [-0.15, -0.1) is 0 Å². The van der Waals surface area contributed by atoms with Gasteiger partial charge < -0.3 is 24.6 Å².